The highest BCUT2D eigenvalue weighted by Crippen LogP contribution is 2.23. The molecule has 0 bridgehead atoms. The summed E-state index contributed by atoms with van der Waals surface area (Å²) in [5, 5.41) is 3.76. The van der Waals surface area contributed by atoms with Gasteiger partial charge in [-0.2, -0.15) is 4.98 Å². The first-order valence-electron chi connectivity index (χ1n) is 4.53. The number of hydrogen-bond acceptors (Lipinski definition) is 5. The molecule has 4 nitrogen and oxygen atoms in total. The van der Waals surface area contributed by atoms with Gasteiger partial charge in [0, 0.05) is 18.1 Å². The molecule has 0 radical (unpaired) electrons. The highest BCUT2D eigenvalue weighted by Gasteiger charge is 2.02. The third-order valence-electron chi connectivity index (χ3n) is 1.74. The van der Waals surface area contributed by atoms with E-state index in [1.165, 1.54) is 0 Å². The van der Waals surface area contributed by atoms with Crippen molar-refractivity contribution in [2.45, 2.75) is 6.61 Å². The Hall–Kier alpha value is -0.980. The molecular formula is C10H9BrN2O2S. The molecular weight excluding hydrogens is 292 g/mol. The van der Waals surface area contributed by atoms with Gasteiger partial charge in [-0.3, -0.25) is 0 Å². The molecule has 6 heteroatoms. The van der Waals surface area contributed by atoms with Gasteiger partial charge in [0.2, 0.25) is 0 Å². The zero-order valence-electron chi connectivity index (χ0n) is 8.51. The molecule has 0 amide bonds. The number of thiophene rings is 1. The van der Waals surface area contributed by atoms with E-state index < -0.39 is 0 Å². The minimum atomic E-state index is 0.363. The summed E-state index contributed by atoms with van der Waals surface area (Å²) in [4.78, 5) is 5.25. The van der Waals surface area contributed by atoms with Crippen molar-refractivity contribution in [3.63, 3.8) is 0 Å². The van der Waals surface area contributed by atoms with Gasteiger partial charge >= 0.3 is 0 Å². The molecule has 0 spiro atoms. The number of aromatic nitrogens is 2. The molecule has 0 aliphatic heterocycles. The van der Waals surface area contributed by atoms with E-state index in [1.54, 1.807) is 24.5 Å². The summed E-state index contributed by atoms with van der Waals surface area (Å²) < 4.78 is 11.0. The Labute approximate surface area is 105 Å². The number of rotatable bonds is 4. The SMILES string of the molecule is COCc1noc(/C=C/c2ccc(Br)s2)n1. The zero-order valence-corrected chi connectivity index (χ0v) is 10.9. The standard InChI is InChI=1S/C10H9BrN2O2S/c1-14-6-9-12-10(15-13-9)5-3-7-2-4-8(11)16-7/h2-5H,6H2,1H3/b5-3+. The van der Waals surface area contributed by atoms with Crippen LogP contribution in [-0.4, -0.2) is 17.3 Å². The number of ether oxygens (including phenoxy) is 1. The fourth-order valence-electron chi connectivity index (χ4n) is 1.09. The Morgan fingerprint density at radius 1 is 1.50 bits per heavy atom. The zero-order chi connectivity index (χ0) is 11.4. The van der Waals surface area contributed by atoms with Gasteiger partial charge in [-0.15, -0.1) is 11.3 Å². The Morgan fingerprint density at radius 3 is 3.06 bits per heavy atom. The summed E-state index contributed by atoms with van der Waals surface area (Å²) in [7, 11) is 1.59. The Balaban J connectivity index is 2.05. The third kappa shape index (κ3) is 3.01. The van der Waals surface area contributed by atoms with Crippen molar-refractivity contribution in [2.24, 2.45) is 0 Å². The summed E-state index contributed by atoms with van der Waals surface area (Å²) >= 11 is 5.04. The molecule has 16 heavy (non-hydrogen) atoms. The first-order valence-corrected chi connectivity index (χ1v) is 6.14. The van der Waals surface area contributed by atoms with Crippen LogP contribution in [0, 0.1) is 0 Å². The van der Waals surface area contributed by atoms with Gasteiger partial charge in [-0.1, -0.05) is 5.16 Å². The molecule has 2 aromatic heterocycles. The molecule has 0 aromatic carbocycles. The predicted molar refractivity (Wildman–Crippen MR) is 66.0 cm³/mol. The lowest BCUT2D eigenvalue weighted by Gasteiger charge is -1.85. The van der Waals surface area contributed by atoms with Crippen LogP contribution < -0.4 is 0 Å². The van der Waals surface area contributed by atoms with Gasteiger partial charge in [-0.25, -0.2) is 0 Å². The number of halogens is 1. The average molecular weight is 301 g/mol. The van der Waals surface area contributed by atoms with Crippen LogP contribution in [0.25, 0.3) is 12.2 Å². The van der Waals surface area contributed by atoms with E-state index >= 15 is 0 Å². The van der Waals surface area contributed by atoms with Gasteiger partial charge in [-0.05, 0) is 34.1 Å². The Bertz CT molecular complexity index is 492. The molecule has 0 saturated carbocycles. The van der Waals surface area contributed by atoms with E-state index in [2.05, 4.69) is 26.1 Å². The average Bonchev–Trinajstić information content (AvgIpc) is 2.85. The lowest BCUT2D eigenvalue weighted by molar-refractivity contribution is 0.174. The summed E-state index contributed by atoms with van der Waals surface area (Å²) in [6.07, 6.45) is 3.71. The number of methoxy groups -OCH3 is 1. The second-order valence-corrected chi connectivity index (χ2v) is 5.45. The van der Waals surface area contributed by atoms with Crippen LogP contribution in [0.15, 0.2) is 20.4 Å². The second kappa shape index (κ2) is 5.38. The quantitative estimate of drug-likeness (QED) is 0.870. The molecule has 2 heterocycles. The molecule has 0 N–H and O–H groups in total. The molecule has 84 valence electrons. The van der Waals surface area contributed by atoms with Crippen LogP contribution in [-0.2, 0) is 11.3 Å². The first-order chi connectivity index (χ1) is 7.78. The van der Waals surface area contributed by atoms with Crippen molar-refractivity contribution in [1.29, 1.82) is 0 Å². The van der Waals surface area contributed by atoms with Crippen molar-refractivity contribution >= 4 is 39.4 Å². The highest BCUT2D eigenvalue weighted by atomic mass is 79.9. The maximum absolute atomic E-state index is 5.01. The van der Waals surface area contributed by atoms with Crippen LogP contribution in [0.1, 0.15) is 16.6 Å². The monoisotopic (exact) mass is 300 g/mol. The molecule has 0 aliphatic carbocycles. The van der Waals surface area contributed by atoms with Crippen molar-refractivity contribution in [1.82, 2.24) is 10.1 Å². The van der Waals surface area contributed by atoms with E-state index in [1.807, 2.05) is 18.2 Å². The fraction of sp³-hybridized carbons (Fsp3) is 0.200. The van der Waals surface area contributed by atoms with E-state index in [0.717, 1.165) is 8.66 Å². The first kappa shape index (κ1) is 11.5. The van der Waals surface area contributed by atoms with Crippen molar-refractivity contribution in [3.8, 4) is 0 Å². The fourth-order valence-corrected chi connectivity index (χ4v) is 2.42. The molecule has 0 fully saturated rings. The van der Waals surface area contributed by atoms with E-state index in [4.69, 9.17) is 9.26 Å². The lowest BCUT2D eigenvalue weighted by Crippen LogP contribution is -1.88. The minimum absolute atomic E-state index is 0.363. The predicted octanol–water partition coefficient (Wildman–Crippen LogP) is 3.21. The lowest BCUT2D eigenvalue weighted by atomic mass is 10.4. The summed E-state index contributed by atoms with van der Waals surface area (Å²) in [5.41, 5.74) is 0. The third-order valence-corrected chi connectivity index (χ3v) is 3.33. The molecule has 2 aromatic rings. The second-order valence-electron chi connectivity index (χ2n) is 2.96. The Kier molecular flexibility index (Phi) is 3.87. The van der Waals surface area contributed by atoms with E-state index in [9.17, 15) is 0 Å². The van der Waals surface area contributed by atoms with E-state index in [0.29, 0.717) is 18.3 Å². The topological polar surface area (TPSA) is 48.2 Å². The van der Waals surface area contributed by atoms with Gasteiger partial charge in [0.15, 0.2) is 5.82 Å². The molecule has 0 atom stereocenters. The summed E-state index contributed by atoms with van der Waals surface area (Å²) in [5.74, 6) is 1.03. The Morgan fingerprint density at radius 2 is 2.38 bits per heavy atom. The van der Waals surface area contributed by atoms with E-state index in [-0.39, 0.29) is 0 Å². The van der Waals surface area contributed by atoms with Crippen LogP contribution in [0.3, 0.4) is 0 Å². The molecule has 0 unspecified atom stereocenters. The maximum Gasteiger partial charge on any atom is 0.250 e. The van der Waals surface area contributed by atoms with Crippen molar-refractivity contribution in [3.05, 3.63) is 32.5 Å². The van der Waals surface area contributed by atoms with Crippen molar-refractivity contribution in [2.75, 3.05) is 7.11 Å². The molecule has 2 rings (SSSR count). The summed E-state index contributed by atoms with van der Waals surface area (Å²) in [6.45, 7) is 0.363. The normalized spacial score (nSPS) is 11.4. The van der Waals surface area contributed by atoms with Gasteiger partial charge in [0.05, 0.1) is 3.79 Å². The van der Waals surface area contributed by atoms with Gasteiger partial charge in [0.25, 0.3) is 5.89 Å². The summed E-state index contributed by atoms with van der Waals surface area (Å²) in [6, 6.07) is 4.01. The van der Waals surface area contributed by atoms with Crippen LogP contribution >= 0.6 is 27.3 Å². The minimum Gasteiger partial charge on any atom is -0.377 e. The maximum atomic E-state index is 5.01. The van der Waals surface area contributed by atoms with Crippen LogP contribution in [0.4, 0.5) is 0 Å². The van der Waals surface area contributed by atoms with Crippen molar-refractivity contribution < 1.29 is 9.26 Å². The number of hydrogen-bond donors (Lipinski definition) is 0. The van der Waals surface area contributed by atoms with Gasteiger partial charge < -0.3 is 9.26 Å². The van der Waals surface area contributed by atoms with Crippen LogP contribution in [0.5, 0.6) is 0 Å². The van der Waals surface area contributed by atoms with Gasteiger partial charge in [0.1, 0.15) is 6.61 Å². The highest BCUT2D eigenvalue weighted by molar-refractivity contribution is 9.11. The smallest absolute Gasteiger partial charge is 0.250 e. The van der Waals surface area contributed by atoms with Crippen LogP contribution in [0.2, 0.25) is 0 Å². The number of nitrogens with zero attached hydrogens (tertiary/aromatic N) is 2. The molecule has 0 saturated heterocycles. The largest absolute Gasteiger partial charge is 0.377 e. The molecule has 0 aliphatic rings.